The van der Waals surface area contributed by atoms with E-state index in [-0.39, 0.29) is 5.91 Å². The van der Waals surface area contributed by atoms with Gasteiger partial charge in [-0.15, -0.1) is 0 Å². The Balaban J connectivity index is 2.37. The number of hydrazine groups is 1. The van der Waals surface area contributed by atoms with E-state index in [4.69, 9.17) is 5.84 Å². The maximum atomic E-state index is 11.9. The van der Waals surface area contributed by atoms with Crippen LogP contribution in [0.15, 0.2) is 18.3 Å². The standard InChI is InChI=1S/C13H23N5O/c1-3-8-18(4-2)9-7-15-13(19)11-5-6-12(17-14)16-10-11/h5-6,10H,3-4,7-9,14H2,1-2H3,(H,15,19)(H,16,17). The number of hydrogen-bond donors (Lipinski definition) is 3. The van der Waals surface area contributed by atoms with Gasteiger partial charge in [0.25, 0.3) is 5.91 Å². The van der Waals surface area contributed by atoms with E-state index in [0.29, 0.717) is 17.9 Å². The molecular weight excluding hydrogens is 242 g/mol. The van der Waals surface area contributed by atoms with Gasteiger partial charge in [-0.3, -0.25) is 4.79 Å². The van der Waals surface area contributed by atoms with Gasteiger partial charge in [0, 0.05) is 19.3 Å². The van der Waals surface area contributed by atoms with E-state index < -0.39 is 0 Å². The van der Waals surface area contributed by atoms with Gasteiger partial charge in [0.2, 0.25) is 0 Å². The normalized spacial score (nSPS) is 10.5. The first-order valence-corrected chi connectivity index (χ1v) is 6.64. The smallest absolute Gasteiger partial charge is 0.252 e. The van der Waals surface area contributed by atoms with Gasteiger partial charge in [-0.05, 0) is 31.6 Å². The molecule has 0 radical (unpaired) electrons. The van der Waals surface area contributed by atoms with Crippen LogP contribution in [-0.4, -0.2) is 42.0 Å². The summed E-state index contributed by atoms with van der Waals surface area (Å²) in [5.41, 5.74) is 2.96. The van der Waals surface area contributed by atoms with Crippen molar-refractivity contribution in [3.63, 3.8) is 0 Å². The molecule has 0 aromatic carbocycles. The fraction of sp³-hybridized carbons (Fsp3) is 0.538. The number of aromatic nitrogens is 1. The molecule has 6 nitrogen and oxygen atoms in total. The highest BCUT2D eigenvalue weighted by atomic mass is 16.1. The molecule has 0 spiro atoms. The molecule has 1 aromatic rings. The number of hydrogen-bond acceptors (Lipinski definition) is 5. The molecule has 0 bridgehead atoms. The molecule has 0 aliphatic heterocycles. The molecule has 1 amide bonds. The van der Waals surface area contributed by atoms with Crippen LogP contribution in [-0.2, 0) is 0 Å². The fourth-order valence-electron chi connectivity index (χ4n) is 1.79. The Bertz CT molecular complexity index is 379. The van der Waals surface area contributed by atoms with Gasteiger partial charge in [0.15, 0.2) is 0 Å². The average Bonchev–Trinajstić information content (AvgIpc) is 2.46. The van der Waals surface area contributed by atoms with Crippen molar-refractivity contribution in [3.05, 3.63) is 23.9 Å². The second kappa shape index (κ2) is 8.44. The van der Waals surface area contributed by atoms with Crippen molar-refractivity contribution in [2.75, 3.05) is 31.6 Å². The third-order valence-corrected chi connectivity index (χ3v) is 2.87. The lowest BCUT2D eigenvalue weighted by molar-refractivity contribution is 0.0948. The van der Waals surface area contributed by atoms with Crippen LogP contribution in [0.1, 0.15) is 30.6 Å². The van der Waals surface area contributed by atoms with Crippen LogP contribution in [0.25, 0.3) is 0 Å². The number of amides is 1. The Hall–Kier alpha value is -1.66. The number of likely N-dealkylation sites (N-methyl/N-ethyl adjacent to an activating group) is 1. The number of carbonyl (C=O) groups is 1. The first kappa shape index (κ1) is 15.4. The molecule has 1 aromatic heterocycles. The predicted octanol–water partition coefficient (Wildman–Crippen LogP) is 0.829. The Morgan fingerprint density at radius 1 is 1.37 bits per heavy atom. The molecule has 1 rings (SSSR count). The van der Waals surface area contributed by atoms with Crippen molar-refractivity contribution in [1.29, 1.82) is 0 Å². The van der Waals surface area contributed by atoms with Gasteiger partial charge in [0.1, 0.15) is 5.82 Å². The van der Waals surface area contributed by atoms with E-state index in [2.05, 4.69) is 34.5 Å². The zero-order chi connectivity index (χ0) is 14.1. The van der Waals surface area contributed by atoms with Crippen LogP contribution >= 0.6 is 0 Å². The minimum Gasteiger partial charge on any atom is -0.351 e. The lowest BCUT2D eigenvalue weighted by Crippen LogP contribution is -2.35. The summed E-state index contributed by atoms with van der Waals surface area (Å²) in [5, 5.41) is 2.89. The van der Waals surface area contributed by atoms with Crippen LogP contribution in [0.5, 0.6) is 0 Å². The zero-order valence-corrected chi connectivity index (χ0v) is 11.6. The van der Waals surface area contributed by atoms with Crippen LogP contribution in [0.2, 0.25) is 0 Å². The number of carbonyl (C=O) groups excluding carboxylic acids is 1. The molecular formula is C13H23N5O. The number of rotatable bonds is 8. The summed E-state index contributed by atoms with van der Waals surface area (Å²) in [6.45, 7) is 7.85. The van der Waals surface area contributed by atoms with Gasteiger partial charge in [-0.2, -0.15) is 0 Å². The number of nitrogens with one attached hydrogen (secondary N) is 2. The van der Waals surface area contributed by atoms with Gasteiger partial charge in [0.05, 0.1) is 5.56 Å². The second-order valence-corrected chi connectivity index (χ2v) is 4.27. The van der Waals surface area contributed by atoms with Gasteiger partial charge < -0.3 is 15.6 Å². The Morgan fingerprint density at radius 3 is 2.68 bits per heavy atom. The highest BCUT2D eigenvalue weighted by Crippen LogP contribution is 2.03. The lowest BCUT2D eigenvalue weighted by Gasteiger charge is -2.19. The van der Waals surface area contributed by atoms with E-state index in [1.807, 2.05) is 0 Å². The highest BCUT2D eigenvalue weighted by molar-refractivity contribution is 5.94. The van der Waals surface area contributed by atoms with E-state index in [1.54, 1.807) is 12.1 Å². The van der Waals surface area contributed by atoms with Crippen molar-refractivity contribution in [2.24, 2.45) is 5.84 Å². The molecule has 0 aliphatic rings. The molecule has 6 heteroatoms. The highest BCUT2D eigenvalue weighted by Gasteiger charge is 2.06. The summed E-state index contributed by atoms with van der Waals surface area (Å²) in [7, 11) is 0. The third kappa shape index (κ3) is 5.23. The Morgan fingerprint density at radius 2 is 2.16 bits per heavy atom. The average molecular weight is 265 g/mol. The van der Waals surface area contributed by atoms with Crippen molar-refractivity contribution >= 4 is 11.7 Å². The summed E-state index contributed by atoms with van der Waals surface area (Å²) in [5.74, 6) is 5.65. The second-order valence-electron chi connectivity index (χ2n) is 4.27. The molecule has 106 valence electrons. The summed E-state index contributed by atoms with van der Waals surface area (Å²) in [6.07, 6.45) is 2.63. The lowest BCUT2D eigenvalue weighted by atomic mass is 10.2. The Kier molecular flexibility index (Phi) is 6.84. The van der Waals surface area contributed by atoms with E-state index in [1.165, 1.54) is 6.20 Å². The maximum Gasteiger partial charge on any atom is 0.252 e. The van der Waals surface area contributed by atoms with Crippen LogP contribution in [0, 0.1) is 0 Å². The first-order valence-electron chi connectivity index (χ1n) is 6.64. The van der Waals surface area contributed by atoms with Crippen molar-refractivity contribution in [2.45, 2.75) is 20.3 Å². The zero-order valence-electron chi connectivity index (χ0n) is 11.6. The van der Waals surface area contributed by atoms with Crippen LogP contribution in [0.4, 0.5) is 5.82 Å². The SMILES string of the molecule is CCCN(CC)CCNC(=O)c1ccc(NN)nc1. The largest absolute Gasteiger partial charge is 0.351 e. The quantitative estimate of drug-likeness (QED) is 0.479. The molecule has 4 N–H and O–H groups in total. The number of nitrogens with zero attached hydrogens (tertiary/aromatic N) is 2. The summed E-state index contributed by atoms with van der Waals surface area (Å²) in [4.78, 5) is 18.2. The Labute approximate surface area is 114 Å². The summed E-state index contributed by atoms with van der Waals surface area (Å²) < 4.78 is 0. The molecule has 19 heavy (non-hydrogen) atoms. The summed E-state index contributed by atoms with van der Waals surface area (Å²) in [6, 6.07) is 3.37. The monoisotopic (exact) mass is 265 g/mol. The number of nitrogens with two attached hydrogens (primary N) is 1. The molecule has 0 saturated heterocycles. The first-order chi connectivity index (χ1) is 9.21. The number of nitrogen functional groups attached to an aromatic ring is 1. The maximum absolute atomic E-state index is 11.9. The molecule has 0 unspecified atom stereocenters. The van der Waals surface area contributed by atoms with E-state index in [9.17, 15) is 4.79 Å². The number of anilines is 1. The minimum absolute atomic E-state index is 0.108. The predicted molar refractivity (Wildman–Crippen MR) is 76.8 cm³/mol. The van der Waals surface area contributed by atoms with Crippen molar-refractivity contribution in [1.82, 2.24) is 15.2 Å². The van der Waals surface area contributed by atoms with Crippen LogP contribution in [0.3, 0.4) is 0 Å². The summed E-state index contributed by atoms with van der Waals surface area (Å²) >= 11 is 0. The molecule has 0 fully saturated rings. The van der Waals surface area contributed by atoms with Gasteiger partial charge in [-0.1, -0.05) is 13.8 Å². The number of pyridine rings is 1. The van der Waals surface area contributed by atoms with Gasteiger partial charge >= 0.3 is 0 Å². The molecule has 0 saturated carbocycles. The molecule has 0 atom stereocenters. The van der Waals surface area contributed by atoms with Crippen molar-refractivity contribution in [3.8, 4) is 0 Å². The minimum atomic E-state index is -0.108. The van der Waals surface area contributed by atoms with Crippen molar-refractivity contribution < 1.29 is 4.79 Å². The fourth-order valence-corrected chi connectivity index (χ4v) is 1.79. The molecule has 1 heterocycles. The molecule has 0 aliphatic carbocycles. The van der Waals surface area contributed by atoms with E-state index in [0.717, 1.165) is 26.1 Å². The third-order valence-electron chi connectivity index (χ3n) is 2.87. The van der Waals surface area contributed by atoms with Gasteiger partial charge in [-0.25, -0.2) is 10.8 Å². The topological polar surface area (TPSA) is 83.3 Å². The van der Waals surface area contributed by atoms with Crippen LogP contribution < -0.4 is 16.6 Å². The van der Waals surface area contributed by atoms with E-state index >= 15 is 0 Å².